The fraction of sp³-hybridized carbons (Fsp3) is 0.0690. The van der Waals surface area contributed by atoms with Crippen molar-refractivity contribution in [2.75, 3.05) is 0 Å². The van der Waals surface area contributed by atoms with Crippen molar-refractivity contribution >= 4 is 33.8 Å². The van der Waals surface area contributed by atoms with Gasteiger partial charge in [-0.2, -0.15) is 10.4 Å². The first kappa shape index (κ1) is 21.2. The van der Waals surface area contributed by atoms with Crippen molar-refractivity contribution in [1.82, 2.24) is 9.99 Å². The summed E-state index contributed by atoms with van der Waals surface area (Å²) < 4.78 is 2.20. The zero-order valence-corrected chi connectivity index (χ0v) is 18.4. The predicted octanol–water partition coefficient (Wildman–Crippen LogP) is 5.60. The Kier molecular flexibility index (Phi) is 5.87. The molecule has 0 saturated carbocycles. The van der Waals surface area contributed by atoms with Crippen LogP contribution in [-0.2, 0) is 11.3 Å². The van der Waals surface area contributed by atoms with Gasteiger partial charge in [0.05, 0.1) is 12.3 Å². The monoisotopic (exact) mass is 442 g/mol. The van der Waals surface area contributed by atoms with Gasteiger partial charge in [-0.1, -0.05) is 91.0 Å². The van der Waals surface area contributed by atoms with Gasteiger partial charge < -0.3 is 4.57 Å². The van der Waals surface area contributed by atoms with Gasteiger partial charge >= 0.3 is 0 Å². The highest BCUT2D eigenvalue weighted by Gasteiger charge is 2.19. The molecule has 34 heavy (non-hydrogen) atoms. The standard InChI is InChI=1S/C29H22N4O/c30-17-27(22-9-2-1-3-10-22)29(34)32-31-18-24-20-33(28-16-7-6-15-26(24)28)19-23-13-8-12-21-11-4-5-14-25(21)23/h1-16,18,20,27H,19H2,(H,32,34)/b31-18-/t27-/m1/s1. The molecule has 5 rings (SSSR count). The molecule has 1 aromatic heterocycles. The van der Waals surface area contributed by atoms with Crippen LogP contribution in [0.2, 0.25) is 0 Å². The maximum absolute atomic E-state index is 12.5. The van der Waals surface area contributed by atoms with Crippen molar-refractivity contribution in [1.29, 1.82) is 5.26 Å². The van der Waals surface area contributed by atoms with E-state index in [1.807, 2.05) is 30.5 Å². The smallest absolute Gasteiger partial charge is 0.261 e. The molecule has 0 aliphatic rings. The van der Waals surface area contributed by atoms with E-state index in [9.17, 15) is 10.1 Å². The van der Waals surface area contributed by atoms with Gasteiger partial charge in [-0.3, -0.25) is 4.79 Å². The maximum atomic E-state index is 12.5. The first-order chi connectivity index (χ1) is 16.7. The molecule has 0 spiro atoms. The van der Waals surface area contributed by atoms with Crippen LogP contribution in [0.5, 0.6) is 0 Å². The van der Waals surface area contributed by atoms with Crippen molar-refractivity contribution in [3.05, 3.63) is 120 Å². The molecular weight excluding hydrogens is 420 g/mol. The number of carbonyl (C=O) groups excluding carboxylic acids is 1. The lowest BCUT2D eigenvalue weighted by molar-refractivity contribution is -0.121. The van der Waals surface area contributed by atoms with E-state index in [1.54, 1.807) is 30.5 Å². The predicted molar refractivity (Wildman–Crippen MR) is 136 cm³/mol. The van der Waals surface area contributed by atoms with Crippen LogP contribution in [0.1, 0.15) is 22.6 Å². The molecule has 0 saturated heterocycles. The van der Waals surface area contributed by atoms with E-state index in [4.69, 9.17) is 0 Å². The van der Waals surface area contributed by atoms with Gasteiger partial charge in [0, 0.05) is 29.2 Å². The number of amides is 1. The second-order valence-electron chi connectivity index (χ2n) is 8.07. The number of hydrogen-bond donors (Lipinski definition) is 1. The summed E-state index contributed by atoms with van der Waals surface area (Å²) in [6.45, 7) is 0.715. The number of benzene rings is 4. The summed E-state index contributed by atoms with van der Waals surface area (Å²) in [5, 5.41) is 17.1. The molecule has 1 N–H and O–H groups in total. The third-order valence-electron chi connectivity index (χ3n) is 5.94. The second kappa shape index (κ2) is 9.43. The molecule has 5 heteroatoms. The number of hydrazone groups is 1. The molecule has 0 radical (unpaired) electrons. The van der Waals surface area contributed by atoms with Crippen LogP contribution < -0.4 is 5.43 Å². The van der Waals surface area contributed by atoms with Crippen LogP contribution in [0, 0.1) is 11.3 Å². The van der Waals surface area contributed by atoms with E-state index in [0.29, 0.717) is 12.1 Å². The quantitative estimate of drug-likeness (QED) is 0.275. The van der Waals surface area contributed by atoms with Gasteiger partial charge in [0.2, 0.25) is 0 Å². The summed E-state index contributed by atoms with van der Waals surface area (Å²) in [5.41, 5.74) is 6.38. The van der Waals surface area contributed by atoms with Gasteiger partial charge in [0.1, 0.15) is 0 Å². The third kappa shape index (κ3) is 4.17. The van der Waals surface area contributed by atoms with Crippen molar-refractivity contribution in [2.24, 2.45) is 5.10 Å². The zero-order valence-electron chi connectivity index (χ0n) is 18.4. The van der Waals surface area contributed by atoms with Crippen molar-refractivity contribution in [2.45, 2.75) is 12.5 Å². The lowest BCUT2D eigenvalue weighted by atomic mass is 10.0. The van der Waals surface area contributed by atoms with Crippen LogP contribution in [0.3, 0.4) is 0 Å². The molecule has 5 nitrogen and oxygen atoms in total. The number of rotatable bonds is 6. The summed E-state index contributed by atoms with van der Waals surface area (Å²) in [6.07, 6.45) is 3.68. The Hall–Kier alpha value is -4.69. The fourth-order valence-electron chi connectivity index (χ4n) is 4.28. The Bertz CT molecular complexity index is 1540. The Morgan fingerprint density at radius 3 is 2.44 bits per heavy atom. The number of carbonyl (C=O) groups is 1. The number of hydrogen-bond acceptors (Lipinski definition) is 3. The van der Waals surface area contributed by atoms with Gasteiger partial charge in [-0.05, 0) is 28.0 Å². The first-order valence-corrected chi connectivity index (χ1v) is 11.1. The van der Waals surface area contributed by atoms with Crippen molar-refractivity contribution in [3.63, 3.8) is 0 Å². The number of fused-ring (bicyclic) bond motifs is 2. The minimum absolute atomic E-state index is 0.454. The number of nitriles is 1. The largest absolute Gasteiger partial charge is 0.342 e. The van der Waals surface area contributed by atoms with Crippen LogP contribution in [0.15, 0.2) is 108 Å². The highest BCUT2D eigenvalue weighted by atomic mass is 16.2. The molecule has 4 aromatic carbocycles. The number of aromatic nitrogens is 1. The highest BCUT2D eigenvalue weighted by Crippen LogP contribution is 2.24. The van der Waals surface area contributed by atoms with Crippen LogP contribution in [0.4, 0.5) is 0 Å². The molecular formula is C29H22N4O. The van der Waals surface area contributed by atoms with E-state index < -0.39 is 11.8 Å². The fourth-order valence-corrected chi connectivity index (χ4v) is 4.28. The molecule has 1 amide bonds. The van der Waals surface area contributed by atoms with E-state index in [0.717, 1.165) is 16.5 Å². The molecule has 0 aliphatic carbocycles. The molecule has 1 atom stereocenters. The summed E-state index contributed by atoms with van der Waals surface area (Å²) in [5.74, 6) is -1.37. The van der Waals surface area contributed by atoms with Crippen molar-refractivity contribution < 1.29 is 4.79 Å². The summed E-state index contributed by atoms with van der Waals surface area (Å²) >= 11 is 0. The molecule has 0 bridgehead atoms. The summed E-state index contributed by atoms with van der Waals surface area (Å²) in [6, 6.07) is 33.9. The van der Waals surface area contributed by atoms with Gasteiger partial charge in [-0.25, -0.2) is 5.43 Å². The minimum Gasteiger partial charge on any atom is -0.342 e. The van der Waals surface area contributed by atoms with E-state index in [1.165, 1.54) is 16.3 Å². The molecule has 0 aliphatic heterocycles. The summed E-state index contributed by atoms with van der Waals surface area (Å²) in [4.78, 5) is 12.5. The average molecular weight is 443 g/mol. The number of para-hydroxylation sites is 1. The molecule has 0 fully saturated rings. The molecule has 1 heterocycles. The number of nitrogens with one attached hydrogen (secondary N) is 1. The molecule has 5 aromatic rings. The maximum Gasteiger partial charge on any atom is 0.261 e. The third-order valence-corrected chi connectivity index (χ3v) is 5.94. The van der Waals surface area contributed by atoms with E-state index >= 15 is 0 Å². The highest BCUT2D eigenvalue weighted by molar-refractivity contribution is 6.00. The van der Waals surface area contributed by atoms with Gasteiger partial charge in [0.15, 0.2) is 5.92 Å². The normalized spacial score (nSPS) is 12.1. The lowest BCUT2D eigenvalue weighted by Crippen LogP contribution is -2.24. The van der Waals surface area contributed by atoms with Crippen molar-refractivity contribution in [3.8, 4) is 6.07 Å². The van der Waals surface area contributed by atoms with E-state index in [2.05, 4.69) is 69.7 Å². The minimum atomic E-state index is -0.911. The topological polar surface area (TPSA) is 70.2 Å². The first-order valence-electron chi connectivity index (χ1n) is 11.1. The molecule has 0 unspecified atom stereocenters. The van der Waals surface area contributed by atoms with Crippen LogP contribution >= 0.6 is 0 Å². The SMILES string of the molecule is N#C[C@@H](C(=O)N/N=C\c1cn(Cc2cccc3ccccc23)c2ccccc12)c1ccccc1. The average Bonchev–Trinajstić information content (AvgIpc) is 3.23. The van der Waals surface area contributed by atoms with Gasteiger partial charge in [0.25, 0.3) is 5.91 Å². The summed E-state index contributed by atoms with van der Waals surface area (Å²) in [7, 11) is 0. The Morgan fingerprint density at radius 2 is 1.62 bits per heavy atom. The van der Waals surface area contributed by atoms with Crippen LogP contribution in [0.25, 0.3) is 21.7 Å². The van der Waals surface area contributed by atoms with Crippen LogP contribution in [-0.4, -0.2) is 16.7 Å². The Morgan fingerprint density at radius 1 is 0.912 bits per heavy atom. The lowest BCUT2D eigenvalue weighted by Gasteiger charge is -2.09. The number of nitrogens with zero attached hydrogens (tertiary/aromatic N) is 3. The second-order valence-corrected chi connectivity index (χ2v) is 8.07. The Labute approximate surface area is 197 Å². The van der Waals surface area contributed by atoms with E-state index in [-0.39, 0.29) is 0 Å². The zero-order chi connectivity index (χ0) is 23.3. The molecule has 164 valence electrons. The Balaban J connectivity index is 1.41. The van der Waals surface area contributed by atoms with Gasteiger partial charge in [-0.15, -0.1) is 0 Å².